The van der Waals surface area contributed by atoms with Crippen LogP contribution in [0.15, 0.2) is 6.07 Å². The minimum Gasteiger partial charge on any atom is -0.397 e. The number of nitrogens with zero attached hydrogens (tertiary/aromatic N) is 1. The third-order valence-electron chi connectivity index (χ3n) is 3.01. The number of aliphatic hydroxyl groups is 1. The highest BCUT2D eigenvalue weighted by Gasteiger charge is 2.34. The van der Waals surface area contributed by atoms with Gasteiger partial charge in [0.05, 0.1) is 22.7 Å². The Hall–Kier alpha value is -1.20. The first kappa shape index (κ1) is 12.3. The fourth-order valence-electron chi connectivity index (χ4n) is 2.11. The maximum absolute atomic E-state index is 14.0. The van der Waals surface area contributed by atoms with Gasteiger partial charge in [-0.1, -0.05) is 11.6 Å². The molecule has 1 atom stereocenters. The summed E-state index contributed by atoms with van der Waals surface area (Å²) in [5.41, 5.74) is 11.0. The van der Waals surface area contributed by atoms with Crippen molar-refractivity contribution < 1.29 is 9.50 Å². The molecule has 1 aromatic carbocycles. The molecule has 94 valence electrons. The van der Waals surface area contributed by atoms with Gasteiger partial charge in [0, 0.05) is 13.1 Å². The van der Waals surface area contributed by atoms with Crippen LogP contribution >= 0.6 is 11.6 Å². The average Bonchev–Trinajstić information content (AvgIpc) is 2.55. The number of hydrogen-bond donors (Lipinski definition) is 3. The number of nitrogen functional groups attached to an aromatic ring is 2. The zero-order chi connectivity index (χ0) is 12.8. The highest BCUT2D eigenvalue weighted by Crippen LogP contribution is 2.38. The summed E-state index contributed by atoms with van der Waals surface area (Å²) in [4.78, 5) is 1.69. The van der Waals surface area contributed by atoms with Crippen LogP contribution in [0.4, 0.5) is 21.5 Å². The van der Waals surface area contributed by atoms with Crippen LogP contribution in [0.1, 0.15) is 13.3 Å². The number of hydrogen-bond acceptors (Lipinski definition) is 4. The molecule has 2 rings (SSSR count). The molecule has 1 aliphatic rings. The Morgan fingerprint density at radius 2 is 2.12 bits per heavy atom. The Kier molecular flexibility index (Phi) is 2.83. The van der Waals surface area contributed by atoms with Gasteiger partial charge in [-0.2, -0.15) is 0 Å². The molecule has 0 amide bonds. The number of halogens is 2. The Labute approximate surface area is 104 Å². The number of benzene rings is 1. The molecule has 1 aromatic rings. The van der Waals surface area contributed by atoms with Crippen LogP contribution in [0, 0.1) is 5.82 Å². The average molecular weight is 260 g/mol. The van der Waals surface area contributed by atoms with E-state index in [1.165, 1.54) is 6.07 Å². The van der Waals surface area contributed by atoms with E-state index in [1.54, 1.807) is 11.8 Å². The fourth-order valence-corrected chi connectivity index (χ4v) is 2.26. The maximum Gasteiger partial charge on any atom is 0.169 e. The van der Waals surface area contributed by atoms with Gasteiger partial charge in [0.2, 0.25) is 0 Å². The van der Waals surface area contributed by atoms with Gasteiger partial charge in [-0.25, -0.2) is 4.39 Å². The van der Waals surface area contributed by atoms with E-state index >= 15 is 0 Å². The molecule has 6 heteroatoms. The van der Waals surface area contributed by atoms with Crippen LogP contribution in [0.5, 0.6) is 0 Å². The van der Waals surface area contributed by atoms with Gasteiger partial charge in [-0.05, 0) is 19.4 Å². The summed E-state index contributed by atoms with van der Waals surface area (Å²) >= 11 is 5.76. The summed E-state index contributed by atoms with van der Waals surface area (Å²) in [5.74, 6) is -0.623. The minimum absolute atomic E-state index is 0.122. The van der Waals surface area contributed by atoms with E-state index in [9.17, 15) is 9.50 Å². The molecule has 5 N–H and O–H groups in total. The third-order valence-corrected chi connectivity index (χ3v) is 3.39. The molecular formula is C11H15ClFN3O. The van der Waals surface area contributed by atoms with Gasteiger partial charge < -0.3 is 21.5 Å². The molecule has 0 aromatic heterocycles. The highest BCUT2D eigenvalue weighted by atomic mass is 35.5. The van der Waals surface area contributed by atoms with Gasteiger partial charge in [-0.3, -0.25) is 0 Å². The molecule has 0 saturated carbocycles. The highest BCUT2D eigenvalue weighted by molar-refractivity contribution is 6.33. The summed E-state index contributed by atoms with van der Waals surface area (Å²) in [6.45, 7) is 2.57. The van der Waals surface area contributed by atoms with Gasteiger partial charge >= 0.3 is 0 Å². The Morgan fingerprint density at radius 3 is 2.65 bits per heavy atom. The second kappa shape index (κ2) is 3.92. The van der Waals surface area contributed by atoms with E-state index in [-0.39, 0.29) is 22.1 Å². The topological polar surface area (TPSA) is 75.5 Å². The van der Waals surface area contributed by atoms with E-state index in [1.807, 2.05) is 0 Å². The summed E-state index contributed by atoms with van der Waals surface area (Å²) in [5, 5.41) is 9.74. The molecular weight excluding hydrogens is 245 g/mol. The molecule has 4 nitrogen and oxygen atoms in total. The zero-order valence-electron chi connectivity index (χ0n) is 9.50. The lowest BCUT2D eigenvalue weighted by Gasteiger charge is -2.23. The third kappa shape index (κ3) is 2.12. The first-order valence-electron chi connectivity index (χ1n) is 5.32. The van der Waals surface area contributed by atoms with Crippen molar-refractivity contribution in [3.63, 3.8) is 0 Å². The van der Waals surface area contributed by atoms with Gasteiger partial charge in [0.25, 0.3) is 0 Å². The molecule has 0 bridgehead atoms. The van der Waals surface area contributed by atoms with Gasteiger partial charge in [0.15, 0.2) is 5.82 Å². The second-order valence-corrected chi connectivity index (χ2v) is 5.08. The summed E-state index contributed by atoms with van der Waals surface area (Å²) in [7, 11) is 0. The van der Waals surface area contributed by atoms with Crippen LogP contribution < -0.4 is 16.4 Å². The molecule has 1 saturated heterocycles. The number of anilines is 3. The van der Waals surface area contributed by atoms with Crippen LogP contribution in [0.2, 0.25) is 5.02 Å². The van der Waals surface area contributed by atoms with Crippen molar-refractivity contribution in [2.75, 3.05) is 29.5 Å². The van der Waals surface area contributed by atoms with Gasteiger partial charge in [0.1, 0.15) is 5.02 Å². The number of nitrogens with two attached hydrogens (primary N) is 2. The first-order chi connectivity index (χ1) is 7.82. The monoisotopic (exact) mass is 259 g/mol. The van der Waals surface area contributed by atoms with E-state index in [0.717, 1.165) is 0 Å². The molecule has 0 radical (unpaired) electrons. The smallest absolute Gasteiger partial charge is 0.169 e. The van der Waals surface area contributed by atoms with Crippen molar-refractivity contribution in [1.82, 2.24) is 0 Å². The minimum atomic E-state index is -0.827. The van der Waals surface area contributed by atoms with Crippen molar-refractivity contribution in [1.29, 1.82) is 0 Å². The predicted molar refractivity (Wildman–Crippen MR) is 67.7 cm³/mol. The van der Waals surface area contributed by atoms with E-state index in [4.69, 9.17) is 23.1 Å². The summed E-state index contributed by atoms with van der Waals surface area (Å²) < 4.78 is 14.0. The van der Waals surface area contributed by atoms with E-state index < -0.39 is 11.4 Å². The van der Waals surface area contributed by atoms with Crippen molar-refractivity contribution >= 4 is 28.7 Å². The van der Waals surface area contributed by atoms with Crippen LogP contribution in [0.25, 0.3) is 0 Å². The molecule has 1 aliphatic heterocycles. The van der Waals surface area contributed by atoms with Crippen molar-refractivity contribution in [2.24, 2.45) is 0 Å². The lowest BCUT2D eigenvalue weighted by molar-refractivity contribution is 0.0839. The molecule has 1 fully saturated rings. The predicted octanol–water partition coefficient (Wildman–Crippen LogP) is 1.60. The zero-order valence-corrected chi connectivity index (χ0v) is 10.3. The van der Waals surface area contributed by atoms with E-state index in [2.05, 4.69) is 0 Å². The first-order valence-corrected chi connectivity index (χ1v) is 5.70. The van der Waals surface area contributed by atoms with Crippen molar-refractivity contribution in [2.45, 2.75) is 18.9 Å². The lowest BCUT2D eigenvalue weighted by Crippen LogP contribution is -2.30. The van der Waals surface area contributed by atoms with Crippen LogP contribution in [-0.2, 0) is 0 Å². The van der Waals surface area contributed by atoms with Crippen LogP contribution in [0.3, 0.4) is 0 Å². The molecule has 0 spiro atoms. The van der Waals surface area contributed by atoms with Crippen molar-refractivity contribution in [3.8, 4) is 0 Å². The number of β-amino-alcohol motifs (C(OH)–C–C–N with tert-alkyl or cyclic N) is 1. The normalized spacial score (nSPS) is 24.4. The number of rotatable bonds is 1. The Balaban J connectivity index is 2.43. The largest absolute Gasteiger partial charge is 0.397 e. The standard InChI is InChI=1S/C11H15ClFN3O/c1-11(17)2-3-16(5-11)10-7(15)4-6(14)8(12)9(10)13/h4,17H,2-3,5,14-15H2,1H3. The molecule has 1 unspecified atom stereocenters. The molecule has 1 heterocycles. The molecule has 17 heavy (non-hydrogen) atoms. The maximum atomic E-state index is 14.0. The summed E-state index contributed by atoms with van der Waals surface area (Å²) in [6.07, 6.45) is 0.563. The molecule has 0 aliphatic carbocycles. The van der Waals surface area contributed by atoms with E-state index in [0.29, 0.717) is 19.5 Å². The Bertz CT molecular complexity index is 465. The fraction of sp³-hybridized carbons (Fsp3) is 0.455. The SMILES string of the molecule is CC1(O)CCN(c2c(N)cc(N)c(Cl)c2F)C1. The van der Waals surface area contributed by atoms with Gasteiger partial charge in [-0.15, -0.1) is 0 Å². The van der Waals surface area contributed by atoms with Crippen molar-refractivity contribution in [3.05, 3.63) is 16.9 Å². The lowest BCUT2D eigenvalue weighted by atomic mass is 10.1. The summed E-state index contributed by atoms with van der Waals surface area (Å²) in [6, 6.07) is 1.44. The Morgan fingerprint density at radius 1 is 1.47 bits per heavy atom. The second-order valence-electron chi connectivity index (χ2n) is 4.70. The quantitative estimate of drug-likeness (QED) is 0.670. The van der Waals surface area contributed by atoms with Crippen LogP contribution in [-0.4, -0.2) is 23.8 Å².